The maximum atomic E-state index is 13.9. The van der Waals surface area contributed by atoms with Gasteiger partial charge >= 0.3 is 0 Å². The minimum atomic E-state index is -0.549. The van der Waals surface area contributed by atoms with Crippen molar-refractivity contribution in [3.63, 3.8) is 0 Å². The number of amides is 1. The van der Waals surface area contributed by atoms with E-state index in [0.717, 1.165) is 37.5 Å². The molecule has 2 heterocycles. The van der Waals surface area contributed by atoms with Crippen LogP contribution < -0.4 is 0 Å². The van der Waals surface area contributed by atoms with Gasteiger partial charge in [0, 0.05) is 33.0 Å². The molecular weight excluding hydrogens is 352 g/mol. The summed E-state index contributed by atoms with van der Waals surface area (Å²) in [5, 5.41) is 0. The van der Waals surface area contributed by atoms with Crippen LogP contribution in [0.25, 0.3) is 0 Å². The Balaban J connectivity index is 1.64. The van der Waals surface area contributed by atoms with Crippen LogP contribution in [0.1, 0.15) is 36.5 Å². The van der Waals surface area contributed by atoms with Gasteiger partial charge in [0.05, 0.1) is 18.8 Å². The summed E-state index contributed by atoms with van der Waals surface area (Å²) >= 11 is 0. The highest BCUT2D eigenvalue weighted by molar-refractivity contribution is 5.88. The Morgan fingerprint density at radius 1 is 1.11 bits per heavy atom. The Kier molecular flexibility index (Phi) is 5.06. The van der Waals surface area contributed by atoms with Crippen molar-refractivity contribution in [1.29, 1.82) is 0 Å². The molecule has 0 N–H and O–H groups in total. The second-order valence-electron chi connectivity index (χ2n) is 8.49. The Hall–Kier alpha value is -2.11. The second-order valence-corrected chi connectivity index (χ2v) is 8.49. The van der Waals surface area contributed by atoms with Crippen LogP contribution in [0.3, 0.4) is 0 Å². The van der Waals surface area contributed by atoms with Crippen LogP contribution in [0.2, 0.25) is 0 Å². The number of morpholine rings is 1. The third-order valence-electron chi connectivity index (χ3n) is 6.04. The number of aryl methyl sites for hydroxylation is 1. The Morgan fingerprint density at radius 3 is 2.25 bits per heavy atom. The van der Waals surface area contributed by atoms with Crippen LogP contribution in [-0.4, -0.2) is 53.6 Å². The predicted octanol–water partition coefficient (Wildman–Crippen LogP) is 3.19. The van der Waals surface area contributed by atoms with Gasteiger partial charge in [0.2, 0.25) is 5.91 Å². The van der Waals surface area contributed by atoms with Gasteiger partial charge in [-0.15, -0.1) is 0 Å². The van der Waals surface area contributed by atoms with Crippen LogP contribution in [-0.2, 0) is 28.9 Å². The number of carbonyl (C=O) groups excluding carboxylic acids is 1. The van der Waals surface area contributed by atoms with E-state index in [4.69, 9.17) is 9.15 Å². The minimum absolute atomic E-state index is 0.121. The number of likely N-dealkylation sites (N-methyl/N-ethyl adjacent to an activating group) is 1. The summed E-state index contributed by atoms with van der Waals surface area (Å²) < 4.78 is 11.7. The van der Waals surface area contributed by atoms with E-state index < -0.39 is 5.54 Å². The summed E-state index contributed by atoms with van der Waals surface area (Å²) in [6.07, 6.45) is 1.75. The Labute approximate surface area is 167 Å². The average molecular weight is 383 g/mol. The normalized spacial score (nSPS) is 24.1. The molecule has 150 valence electrons. The third-order valence-corrected chi connectivity index (χ3v) is 6.04. The highest BCUT2D eigenvalue weighted by Crippen LogP contribution is 2.38. The van der Waals surface area contributed by atoms with Crippen LogP contribution >= 0.6 is 0 Å². The van der Waals surface area contributed by atoms with Gasteiger partial charge in [-0.25, -0.2) is 0 Å². The summed E-state index contributed by atoms with van der Waals surface area (Å²) in [6.45, 7) is 8.16. The van der Waals surface area contributed by atoms with Crippen molar-refractivity contribution in [3.05, 3.63) is 59.0 Å². The van der Waals surface area contributed by atoms with Gasteiger partial charge in [0.1, 0.15) is 17.1 Å². The van der Waals surface area contributed by atoms with Crippen molar-refractivity contribution in [2.75, 3.05) is 20.1 Å². The molecule has 0 saturated carbocycles. The van der Waals surface area contributed by atoms with E-state index >= 15 is 0 Å². The average Bonchev–Trinajstić information content (AvgIpc) is 3.24. The number of furan rings is 1. The molecule has 1 amide bonds. The molecule has 0 radical (unpaired) electrons. The summed E-state index contributed by atoms with van der Waals surface area (Å²) in [7, 11) is 1.89. The molecule has 0 bridgehead atoms. The first kappa shape index (κ1) is 19.2. The van der Waals surface area contributed by atoms with Crippen molar-refractivity contribution in [2.24, 2.45) is 0 Å². The minimum Gasteiger partial charge on any atom is -0.464 e. The van der Waals surface area contributed by atoms with E-state index in [1.54, 1.807) is 0 Å². The van der Waals surface area contributed by atoms with Crippen LogP contribution in [0.5, 0.6) is 0 Å². The summed E-state index contributed by atoms with van der Waals surface area (Å²) in [5.74, 6) is 1.86. The lowest BCUT2D eigenvalue weighted by molar-refractivity contribution is -0.154. The van der Waals surface area contributed by atoms with Crippen molar-refractivity contribution in [3.8, 4) is 0 Å². The first-order chi connectivity index (χ1) is 13.4. The molecule has 2 atom stereocenters. The van der Waals surface area contributed by atoms with Crippen LogP contribution in [0.15, 0.2) is 40.8 Å². The standard InChI is InChI=1S/C23H30N2O3/c1-16-9-10-21(28-16)15-24(4)22(26)23(25-13-17(2)27-18(3)14-25)11-19-7-5-6-8-20(19)12-23/h5-10,17-18H,11-15H2,1-4H3/t17-,18+. The molecule has 1 aromatic heterocycles. The second kappa shape index (κ2) is 7.37. The maximum absolute atomic E-state index is 13.9. The van der Waals surface area contributed by atoms with E-state index in [0.29, 0.717) is 6.54 Å². The SMILES string of the molecule is Cc1ccc(CN(C)C(=O)C2(N3C[C@@H](C)O[C@@H](C)C3)Cc3ccccc3C2)o1. The number of carbonyl (C=O) groups is 1. The quantitative estimate of drug-likeness (QED) is 0.815. The largest absolute Gasteiger partial charge is 0.464 e. The van der Waals surface area contributed by atoms with Crippen LogP contribution in [0.4, 0.5) is 0 Å². The van der Waals surface area contributed by atoms with Crippen LogP contribution in [0, 0.1) is 6.92 Å². The van der Waals surface area contributed by atoms with E-state index in [1.165, 1.54) is 11.1 Å². The first-order valence-electron chi connectivity index (χ1n) is 10.2. The number of benzene rings is 1. The number of nitrogens with zero attached hydrogens (tertiary/aromatic N) is 2. The zero-order valence-electron chi connectivity index (χ0n) is 17.3. The van der Waals surface area contributed by atoms with Gasteiger partial charge in [0.15, 0.2) is 0 Å². The molecular formula is C23H30N2O3. The summed E-state index contributed by atoms with van der Waals surface area (Å²) in [4.78, 5) is 18.1. The molecule has 1 saturated heterocycles. The molecule has 0 spiro atoms. The molecule has 1 fully saturated rings. The highest BCUT2D eigenvalue weighted by Gasteiger charge is 2.51. The lowest BCUT2D eigenvalue weighted by Crippen LogP contribution is -2.64. The number of fused-ring (bicyclic) bond motifs is 1. The molecule has 0 unspecified atom stereocenters. The fraction of sp³-hybridized carbons (Fsp3) is 0.522. The Morgan fingerprint density at radius 2 is 1.71 bits per heavy atom. The van der Waals surface area contributed by atoms with Gasteiger partial charge in [-0.3, -0.25) is 9.69 Å². The molecule has 1 aliphatic heterocycles. The molecule has 2 aromatic rings. The smallest absolute Gasteiger partial charge is 0.243 e. The molecule has 2 aliphatic rings. The van der Waals surface area contributed by atoms with E-state index in [2.05, 4.69) is 43.0 Å². The lowest BCUT2D eigenvalue weighted by Gasteiger charge is -2.47. The number of ether oxygens (including phenoxy) is 1. The lowest BCUT2D eigenvalue weighted by atomic mass is 9.89. The fourth-order valence-corrected chi connectivity index (χ4v) is 4.86. The van der Waals surface area contributed by atoms with Gasteiger partial charge in [-0.2, -0.15) is 0 Å². The maximum Gasteiger partial charge on any atom is 0.243 e. The van der Waals surface area contributed by atoms with Gasteiger partial charge in [-0.1, -0.05) is 24.3 Å². The highest BCUT2D eigenvalue weighted by atomic mass is 16.5. The van der Waals surface area contributed by atoms with E-state index in [1.807, 2.05) is 31.0 Å². The monoisotopic (exact) mass is 382 g/mol. The zero-order valence-corrected chi connectivity index (χ0v) is 17.3. The zero-order chi connectivity index (χ0) is 19.9. The molecule has 5 nitrogen and oxygen atoms in total. The van der Waals surface area contributed by atoms with E-state index in [-0.39, 0.29) is 18.1 Å². The summed E-state index contributed by atoms with van der Waals surface area (Å²) in [5.41, 5.74) is 2.02. The van der Waals surface area contributed by atoms with Crippen molar-refractivity contribution >= 4 is 5.91 Å². The first-order valence-corrected chi connectivity index (χ1v) is 10.2. The number of rotatable bonds is 4. The van der Waals surface area contributed by atoms with Gasteiger partial charge in [0.25, 0.3) is 0 Å². The molecule has 1 aliphatic carbocycles. The third kappa shape index (κ3) is 3.49. The molecule has 4 rings (SSSR count). The molecule has 28 heavy (non-hydrogen) atoms. The van der Waals surface area contributed by atoms with E-state index in [9.17, 15) is 4.79 Å². The molecule has 1 aromatic carbocycles. The Bertz CT molecular complexity index is 824. The summed E-state index contributed by atoms with van der Waals surface area (Å²) in [6, 6.07) is 12.4. The number of hydrogen-bond donors (Lipinski definition) is 0. The van der Waals surface area contributed by atoms with Crippen molar-refractivity contribution < 1.29 is 13.9 Å². The topological polar surface area (TPSA) is 45.9 Å². The predicted molar refractivity (Wildman–Crippen MR) is 108 cm³/mol. The van der Waals surface area contributed by atoms with Crippen molar-refractivity contribution in [2.45, 2.75) is 57.9 Å². The fourth-order valence-electron chi connectivity index (χ4n) is 4.86. The number of hydrogen-bond acceptors (Lipinski definition) is 4. The van der Waals surface area contributed by atoms with Gasteiger partial charge < -0.3 is 14.1 Å². The van der Waals surface area contributed by atoms with Gasteiger partial charge in [-0.05, 0) is 44.0 Å². The van der Waals surface area contributed by atoms with Crippen molar-refractivity contribution in [1.82, 2.24) is 9.80 Å². The molecule has 5 heteroatoms.